The Morgan fingerprint density at radius 1 is 1.47 bits per heavy atom. The van der Waals surface area contributed by atoms with Gasteiger partial charge < -0.3 is 5.11 Å². The van der Waals surface area contributed by atoms with Gasteiger partial charge in [0.05, 0.1) is 6.10 Å². The van der Waals surface area contributed by atoms with Crippen LogP contribution in [0.5, 0.6) is 0 Å². The lowest BCUT2D eigenvalue weighted by molar-refractivity contribution is 0.0604. The van der Waals surface area contributed by atoms with E-state index in [1.807, 2.05) is 6.92 Å². The fourth-order valence-corrected chi connectivity index (χ4v) is 3.91. The summed E-state index contributed by atoms with van der Waals surface area (Å²) in [6.07, 6.45) is -0.138. The maximum atomic E-state index is 13.8. The van der Waals surface area contributed by atoms with Crippen molar-refractivity contribution in [3.8, 4) is 0 Å². The fourth-order valence-electron chi connectivity index (χ4n) is 2.06. The van der Waals surface area contributed by atoms with Crippen LogP contribution in [0.3, 0.4) is 0 Å². The third-order valence-electron chi connectivity index (χ3n) is 3.39. The molecule has 7 heteroatoms. The average molecular weight is 352 g/mol. The molecule has 2 rings (SSSR count). The van der Waals surface area contributed by atoms with E-state index in [9.17, 15) is 17.9 Å². The molecule has 106 valence electrons. The minimum Gasteiger partial charge on any atom is -0.391 e. The first-order valence-electron chi connectivity index (χ1n) is 5.95. The van der Waals surface area contributed by atoms with Crippen LogP contribution >= 0.6 is 15.9 Å². The summed E-state index contributed by atoms with van der Waals surface area (Å²) in [7, 11) is -3.89. The Hall–Kier alpha value is -0.500. The van der Waals surface area contributed by atoms with Crippen LogP contribution in [0.1, 0.15) is 13.3 Å². The molecule has 0 aliphatic carbocycles. The Labute approximate surface area is 120 Å². The molecule has 1 aromatic carbocycles. The first kappa shape index (κ1) is 14.9. The zero-order valence-corrected chi connectivity index (χ0v) is 12.8. The first-order valence-corrected chi connectivity index (χ1v) is 8.19. The topological polar surface area (TPSA) is 57.6 Å². The Kier molecular flexibility index (Phi) is 4.29. The van der Waals surface area contributed by atoms with Crippen LogP contribution in [0.4, 0.5) is 4.39 Å². The van der Waals surface area contributed by atoms with Gasteiger partial charge in [-0.25, -0.2) is 12.8 Å². The summed E-state index contributed by atoms with van der Waals surface area (Å²) in [6, 6.07) is 3.84. The number of aliphatic hydroxyl groups is 1. The molecule has 0 spiro atoms. The summed E-state index contributed by atoms with van der Waals surface area (Å²) >= 11 is 3.09. The lowest BCUT2D eigenvalue weighted by Gasteiger charge is -2.33. The van der Waals surface area contributed by atoms with Gasteiger partial charge in [-0.15, -0.1) is 0 Å². The number of benzene rings is 1. The SMILES string of the molecule is CC1CCN(S(=O)(=O)c2ccc(Br)cc2F)CC1O. The minimum atomic E-state index is -3.89. The van der Waals surface area contributed by atoms with Crippen molar-refractivity contribution < 1.29 is 17.9 Å². The first-order chi connectivity index (χ1) is 8.82. The van der Waals surface area contributed by atoms with Crippen LogP contribution in [0.15, 0.2) is 27.6 Å². The summed E-state index contributed by atoms with van der Waals surface area (Å²) < 4.78 is 40.1. The number of hydrogen-bond acceptors (Lipinski definition) is 3. The Bertz CT molecular complexity index is 578. The van der Waals surface area contributed by atoms with Gasteiger partial charge in [0.15, 0.2) is 0 Å². The van der Waals surface area contributed by atoms with Crippen LogP contribution in [0.2, 0.25) is 0 Å². The molecule has 4 nitrogen and oxygen atoms in total. The zero-order valence-electron chi connectivity index (χ0n) is 10.4. The number of aliphatic hydroxyl groups excluding tert-OH is 1. The number of sulfonamides is 1. The van der Waals surface area contributed by atoms with Crippen molar-refractivity contribution in [1.82, 2.24) is 4.31 Å². The number of halogens is 2. The predicted molar refractivity (Wildman–Crippen MR) is 72.6 cm³/mol. The van der Waals surface area contributed by atoms with Crippen LogP contribution in [-0.2, 0) is 10.0 Å². The smallest absolute Gasteiger partial charge is 0.246 e. The van der Waals surface area contributed by atoms with E-state index in [1.54, 1.807) is 0 Å². The molecular weight excluding hydrogens is 337 g/mol. The maximum Gasteiger partial charge on any atom is 0.246 e. The fraction of sp³-hybridized carbons (Fsp3) is 0.500. The van der Waals surface area contributed by atoms with Gasteiger partial charge in [0.1, 0.15) is 10.7 Å². The van der Waals surface area contributed by atoms with Crippen LogP contribution in [0.25, 0.3) is 0 Å². The molecule has 0 radical (unpaired) electrons. The van der Waals surface area contributed by atoms with Crippen molar-refractivity contribution in [2.45, 2.75) is 24.3 Å². The molecular formula is C12H15BrFNO3S. The highest BCUT2D eigenvalue weighted by molar-refractivity contribution is 9.10. The summed E-state index contributed by atoms with van der Waals surface area (Å²) in [6.45, 7) is 2.18. The van der Waals surface area contributed by atoms with E-state index in [0.29, 0.717) is 17.4 Å². The Morgan fingerprint density at radius 2 is 2.16 bits per heavy atom. The molecule has 2 atom stereocenters. The third-order valence-corrected chi connectivity index (χ3v) is 5.78. The number of rotatable bonds is 2. The molecule has 0 bridgehead atoms. The largest absolute Gasteiger partial charge is 0.391 e. The summed E-state index contributed by atoms with van der Waals surface area (Å²) in [5, 5.41) is 9.76. The molecule has 19 heavy (non-hydrogen) atoms. The number of piperidine rings is 1. The molecule has 0 saturated carbocycles. The molecule has 2 unspecified atom stereocenters. The molecule has 1 aliphatic heterocycles. The number of hydrogen-bond donors (Lipinski definition) is 1. The molecule has 0 amide bonds. The van der Waals surface area contributed by atoms with E-state index in [1.165, 1.54) is 12.1 Å². The average Bonchev–Trinajstić information content (AvgIpc) is 2.32. The van der Waals surface area contributed by atoms with Crippen LogP contribution in [0, 0.1) is 11.7 Å². The molecule has 0 aromatic heterocycles. The van der Waals surface area contributed by atoms with E-state index in [4.69, 9.17) is 0 Å². The van der Waals surface area contributed by atoms with E-state index >= 15 is 0 Å². The Balaban J connectivity index is 2.32. The van der Waals surface area contributed by atoms with Gasteiger partial charge in [-0.1, -0.05) is 22.9 Å². The molecule has 1 aromatic rings. The second-order valence-electron chi connectivity index (χ2n) is 4.77. The lowest BCUT2D eigenvalue weighted by atomic mass is 9.98. The summed E-state index contributed by atoms with van der Waals surface area (Å²) in [5.74, 6) is -0.733. The lowest BCUT2D eigenvalue weighted by Crippen LogP contribution is -2.45. The summed E-state index contributed by atoms with van der Waals surface area (Å²) in [4.78, 5) is -0.350. The number of nitrogens with zero attached hydrogens (tertiary/aromatic N) is 1. The van der Waals surface area contributed by atoms with Crippen molar-refractivity contribution >= 4 is 26.0 Å². The van der Waals surface area contributed by atoms with Gasteiger partial charge in [-0.05, 0) is 30.5 Å². The van der Waals surface area contributed by atoms with E-state index in [0.717, 1.165) is 10.4 Å². The highest BCUT2D eigenvalue weighted by Gasteiger charge is 2.34. The van der Waals surface area contributed by atoms with Crippen molar-refractivity contribution in [2.75, 3.05) is 13.1 Å². The van der Waals surface area contributed by atoms with E-state index in [-0.39, 0.29) is 17.4 Å². The predicted octanol–water partition coefficient (Wildman–Crippen LogP) is 1.98. The minimum absolute atomic E-state index is 0.0129. The molecule has 1 aliphatic rings. The Morgan fingerprint density at radius 3 is 2.74 bits per heavy atom. The summed E-state index contributed by atoms with van der Waals surface area (Å²) in [5.41, 5.74) is 0. The van der Waals surface area contributed by atoms with Crippen molar-refractivity contribution in [1.29, 1.82) is 0 Å². The monoisotopic (exact) mass is 351 g/mol. The molecule has 1 heterocycles. The van der Waals surface area contributed by atoms with Crippen molar-refractivity contribution in [2.24, 2.45) is 5.92 Å². The van der Waals surface area contributed by atoms with Gasteiger partial charge in [0.2, 0.25) is 10.0 Å². The number of β-amino-alcohol motifs (C(OH)–C–C–N with tert-alkyl or cyclic N) is 1. The van der Waals surface area contributed by atoms with E-state index < -0.39 is 21.9 Å². The zero-order chi connectivity index (χ0) is 14.2. The maximum absolute atomic E-state index is 13.8. The van der Waals surface area contributed by atoms with Crippen LogP contribution < -0.4 is 0 Å². The van der Waals surface area contributed by atoms with Crippen molar-refractivity contribution in [3.63, 3.8) is 0 Å². The second-order valence-corrected chi connectivity index (χ2v) is 7.59. The van der Waals surface area contributed by atoms with Gasteiger partial charge in [0.25, 0.3) is 0 Å². The highest BCUT2D eigenvalue weighted by Crippen LogP contribution is 2.26. The van der Waals surface area contributed by atoms with Crippen LogP contribution in [-0.4, -0.2) is 37.0 Å². The van der Waals surface area contributed by atoms with E-state index in [2.05, 4.69) is 15.9 Å². The molecule has 1 fully saturated rings. The van der Waals surface area contributed by atoms with Gasteiger partial charge in [-0.2, -0.15) is 4.31 Å². The quantitative estimate of drug-likeness (QED) is 0.886. The molecule has 1 N–H and O–H groups in total. The molecule has 1 saturated heterocycles. The van der Waals surface area contributed by atoms with Gasteiger partial charge in [0, 0.05) is 17.6 Å². The van der Waals surface area contributed by atoms with Gasteiger partial charge in [-0.3, -0.25) is 0 Å². The third kappa shape index (κ3) is 2.99. The highest BCUT2D eigenvalue weighted by atomic mass is 79.9. The standard InChI is InChI=1S/C12H15BrFNO3S/c1-8-4-5-15(7-11(8)16)19(17,18)12-3-2-9(13)6-10(12)14/h2-3,6,8,11,16H,4-5,7H2,1H3. The normalized spacial score (nSPS) is 25.5. The van der Waals surface area contributed by atoms with Crippen molar-refractivity contribution in [3.05, 3.63) is 28.5 Å². The second kappa shape index (κ2) is 5.47. The van der Waals surface area contributed by atoms with Gasteiger partial charge >= 0.3 is 0 Å².